The molecule has 1 amide bonds. The molecular formula is C20H16Cl2F3N5O3S2. The summed E-state index contributed by atoms with van der Waals surface area (Å²) in [7, 11) is -4.02. The van der Waals surface area contributed by atoms with E-state index in [-0.39, 0.29) is 46.2 Å². The minimum absolute atomic E-state index is 0.0396. The molecule has 0 radical (unpaired) electrons. The summed E-state index contributed by atoms with van der Waals surface area (Å²) in [6.07, 6.45) is -4.47. The molecular weight excluding hydrogens is 550 g/mol. The molecule has 3 aromatic rings. The van der Waals surface area contributed by atoms with E-state index in [0.717, 1.165) is 12.1 Å². The SMILES string of the molecule is O=C(Nc1nnc(S(=O)(=O)N2CCN(c3cccc(C(F)(F)F)c3)CC2)s1)c1ccc(Cl)cc1Cl. The largest absolute Gasteiger partial charge is 0.416 e. The van der Waals surface area contributed by atoms with Gasteiger partial charge >= 0.3 is 6.18 Å². The lowest BCUT2D eigenvalue weighted by molar-refractivity contribution is -0.137. The predicted molar refractivity (Wildman–Crippen MR) is 127 cm³/mol. The van der Waals surface area contributed by atoms with Crippen molar-refractivity contribution in [1.29, 1.82) is 0 Å². The number of alkyl halides is 3. The van der Waals surface area contributed by atoms with Crippen molar-refractivity contribution in [3.63, 3.8) is 0 Å². The average Bonchev–Trinajstić information content (AvgIpc) is 3.28. The van der Waals surface area contributed by atoms with E-state index in [0.29, 0.717) is 22.0 Å². The maximum absolute atomic E-state index is 13.0. The Labute approximate surface area is 212 Å². The van der Waals surface area contributed by atoms with E-state index in [2.05, 4.69) is 15.5 Å². The van der Waals surface area contributed by atoms with Gasteiger partial charge in [0.15, 0.2) is 0 Å². The van der Waals surface area contributed by atoms with Crippen molar-refractivity contribution in [2.45, 2.75) is 10.5 Å². The summed E-state index contributed by atoms with van der Waals surface area (Å²) in [5.41, 5.74) is -0.284. The second kappa shape index (κ2) is 9.90. The van der Waals surface area contributed by atoms with Gasteiger partial charge in [-0.2, -0.15) is 17.5 Å². The van der Waals surface area contributed by atoms with Gasteiger partial charge in [-0.15, -0.1) is 10.2 Å². The minimum Gasteiger partial charge on any atom is -0.369 e. The van der Waals surface area contributed by atoms with Crippen LogP contribution in [-0.2, 0) is 16.2 Å². The van der Waals surface area contributed by atoms with Gasteiger partial charge in [-0.05, 0) is 36.4 Å². The Bertz CT molecular complexity index is 1360. The van der Waals surface area contributed by atoms with Crippen LogP contribution in [0.15, 0.2) is 46.8 Å². The maximum atomic E-state index is 13.0. The number of anilines is 2. The molecule has 1 aliphatic heterocycles. The summed E-state index contributed by atoms with van der Waals surface area (Å²) in [6.45, 7) is 0.469. The van der Waals surface area contributed by atoms with Crippen molar-refractivity contribution < 1.29 is 26.4 Å². The number of nitrogens with zero attached hydrogens (tertiary/aromatic N) is 4. The molecule has 1 aromatic heterocycles. The highest BCUT2D eigenvalue weighted by atomic mass is 35.5. The number of aromatic nitrogens is 2. The fraction of sp³-hybridized carbons (Fsp3) is 0.250. The molecule has 0 aliphatic carbocycles. The lowest BCUT2D eigenvalue weighted by Gasteiger charge is -2.35. The lowest BCUT2D eigenvalue weighted by atomic mass is 10.1. The summed E-state index contributed by atoms with van der Waals surface area (Å²) < 4.78 is 65.8. The molecule has 8 nitrogen and oxygen atoms in total. The monoisotopic (exact) mass is 565 g/mol. The van der Waals surface area contributed by atoms with E-state index >= 15 is 0 Å². The molecule has 1 saturated heterocycles. The first-order valence-electron chi connectivity index (χ1n) is 9.97. The number of sulfonamides is 1. The van der Waals surface area contributed by atoms with Gasteiger partial charge in [0.05, 0.1) is 16.1 Å². The third-order valence-electron chi connectivity index (χ3n) is 5.14. The van der Waals surface area contributed by atoms with Gasteiger partial charge in [0.2, 0.25) is 9.47 Å². The van der Waals surface area contributed by atoms with E-state index < -0.39 is 27.7 Å². The van der Waals surface area contributed by atoms with Gasteiger partial charge in [0, 0.05) is 36.9 Å². The Morgan fingerprint density at radius 2 is 1.74 bits per heavy atom. The van der Waals surface area contributed by atoms with Crippen LogP contribution >= 0.6 is 34.5 Å². The highest BCUT2D eigenvalue weighted by molar-refractivity contribution is 7.91. The van der Waals surface area contributed by atoms with E-state index in [1.807, 2.05) is 0 Å². The van der Waals surface area contributed by atoms with Gasteiger partial charge in [-0.1, -0.05) is 40.6 Å². The van der Waals surface area contributed by atoms with Crippen molar-refractivity contribution in [2.24, 2.45) is 0 Å². The molecule has 1 fully saturated rings. The molecule has 4 rings (SSSR count). The third kappa shape index (κ3) is 5.70. The van der Waals surface area contributed by atoms with Crippen LogP contribution in [0.3, 0.4) is 0 Å². The minimum atomic E-state index is -4.47. The van der Waals surface area contributed by atoms with Crippen molar-refractivity contribution in [3.05, 3.63) is 63.6 Å². The first-order valence-corrected chi connectivity index (χ1v) is 13.0. The maximum Gasteiger partial charge on any atom is 0.416 e. The summed E-state index contributed by atoms with van der Waals surface area (Å²) in [5, 5.41) is 10.3. The molecule has 186 valence electrons. The van der Waals surface area contributed by atoms with Crippen LogP contribution in [0.2, 0.25) is 10.0 Å². The van der Waals surface area contributed by atoms with Crippen LogP contribution in [0.25, 0.3) is 0 Å². The van der Waals surface area contributed by atoms with Gasteiger partial charge in [0.1, 0.15) is 0 Å². The first-order chi connectivity index (χ1) is 16.4. The predicted octanol–water partition coefficient (Wildman–Crippen LogP) is 4.63. The normalized spacial score (nSPS) is 15.3. The van der Waals surface area contributed by atoms with Gasteiger partial charge in [0.25, 0.3) is 15.9 Å². The number of carbonyl (C=O) groups is 1. The smallest absolute Gasteiger partial charge is 0.369 e. The fourth-order valence-electron chi connectivity index (χ4n) is 3.38. The lowest BCUT2D eigenvalue weighted by Crippen LogP contribution is -2.48. The topological polar surface area (TPSA) is 95.5 Å². The van der Waals surface area contributed by atoms with Crippen LogP contribution in [0.4, 0.5) is 24.0 Å². The zero-order valence-electron chi connectivity index (χ0n) is 17.6. The Morgan fingerprint density at radius 1 is 1.03 bits per heavy atom. The van der Waals surface area contributed by atoms with Gasteiger partial charge < -0.3 is 4.90 Å². The summed E-state index contributed by atoms with van der Waals surface area (Å²) in [4.78, 5) is 14.1. The fourth-order valence-corrected chi connectivity index (χ4v) is 6.33. The van der Waals surface area contributed by atoms with Gasteiger partial charge in [-0.3, -0.25) is 10.1 Å². The standard InChI is InChI=1S/C20H16Cl2F3N5O3S2/c21-13-4-5-15(16(22)11-13)17(31)26-18-27-28-19(34-18)35(32,33)30-8-6-29(7-9-30)14-3-1-2-12(10-14)20(23,24)25/h1-5,10-11H,6-9H2,(H,26,27,31). The van der Waals surface area contributed by atoms with Crippen LogP contribution < -0.4 is 10.2 Å². The molecule has 1 N–H and O–H groups in total. The molecule has 1 aliphatic rings. The molecule has 0 atom stereocenters. The molecule has 2 heterocycles. The van der Waals surface area contributed by atoms with Crippen LogP contribution in [0.5, 0.6) is 0 Å². The van der Waals surface area contributed by atoms with Crippen molar-refractivity contribution in [1.82, 2.24) is 14.5 Å². The van der Waals surface area contributed by atoms with E-state index in [9.17, 15) is 26.4 Å². The number of rotatable bonds is 5. The first kappa shape index (κ1) is 25.6. The molecule has 35 heavy (non-hydrogen) atoms. The van der Waals surface area contributed by atoms with Crippen molar-refractivity contribution >= 4 is 61.3 Å². The third-order valence-corrected chi connectivity index (χ3v) is 8.77. The van der Waals surface area contributed by atoms with E-state index in [1.54, 1.807) is 11.0 Å². The van der Waals surface area contributed by atoms with E-state index in [4.69, 9.17) is 23.2 Å². The Balaban J connectivity index is 1.42. The number of halogens is 5. The highest BCUT2D eigenvalue weighted by Gasteiger charge is 2.34. The number of hydrogen-bond acceptors (Lipinski definition) is 7. The second-order valence-electron chi connectivity index (χ2n) is 7.39. The Kier molecular flexibility index (Phi) is 7.25. The molecule has 0 unspecified atom stereocenters. The zero-order chi connectivity index (χ0) is 25.4. The zero-order valence-corrected chi connectivity index (χ0v) is 20.7. The number of hydrogen-bond donors (Lipinski definition) is 1. The Morgan fingerprint density at radius 3 is 2.40 bits per heavy atom. The average molecular weight is 566 g/mol. The van der Waals surface area contributed by atoms with E-state index in [1.165, 1.54) is 28.6 Å². The molecule has 0 saturated carbocycles. The number of benzene rings is 2. The van der Waals surface area contributed by atoms with Crippen molar-refractivity contribution in [3.8, 4) is 0 Å². The number of amides is 1. The number of nitrogens with one attached hydrogen (secondary N) is 1. The highest BCUT2D eigenvalue weighted by Crippen LogP contribution is 2.32. The molecule has 15 heteroatoms. The quantitative estimate of drug-likeness (QED) is 0.453. The summed E-state index contributed by atoms with van der Waals surface area (Å²) >= 11 is 12.5. The van der Waals surface area contributed by atoms with Crippen LogP contribution in [0, 0.1) is 0 Å². The molecule has 2 aromatic carbocycles. The summed E-state index contributed by atoms with van der Waals surface area (Å²) in [5.74, 6) is -0.610. The van der Waals surface area contributed by atoms with Gasteiger partial charge in [-0.25, -0.2) is 8.42 Å². The second-order valence-corrected chi connectivity index (χ2v) is 11.3. The van der Waals surface area contributed by atoms with Crippen LogP contribution in [0.1, 0.15) is 15.9 Å². The number of carbonyl (C=O) groups excluding carboxylic acids is 1. The van der Waals surface area contributed by atoms with Crippen molar-refractivity contribution in [2.75, 3.05) is 36.4 Å². The molecule has 0 bridgehead atoms. The number of piperazine rings is 1. The Hall–Kier alpha value is -2.45. The molecule has 0 spiro atoms. The summed E-state index contributed by atoms with van der Waals surface area (Å²) in [6, 6.07) is 9.18. The van der Waals surface area contributed by atoms with Crippen LogP contribution in [-0.4, -0.2) is 55.0 Å².